The molecule has 1 aliphatic carbocycles. The van der Waals surface area contributed by atoms with E-state index in [9.17, 15) is 0 Å². The Bertz CT molecular complexity index is 528. The van der Waals surface area contributed by atoms with Crippen LogP contribution in [-0.2, 0) is 4.74 Å². The molecular formula is C24H38O. The third-order valence-electron chi connectivity index (χ3n) is 6.25. The van der Waals surface area contributed by atoms with E-state index in [4.69, 9.17) is 4.74 Å². The van der Waals surface area contributed by atoms with Crippen molar-refractivity contribution in [2.75, 3.05) is 0 Å². The maximum absolute atomic E-state index is 6.23. The second-order valence-electron chi connectivity index (χ2n) is 8.76. The fourth-order valence-electron chi connectivity index (χ4n) is 4.65. The van der Waals surface area contributed by atoms with Crippen LogP contribution in [-0.4, -0.2) is 6.10 Å². The molecule has 25 heavy (non-hydrogen) atoms. The summed E-state index contributed by atoms with van der Waals surface area (Å²) in [4.78, 5) is 0. The summed E-state index contributed by atoms with van der Waals surface area (Å²) in [5.74, 6) is 1.69. The van der Waals surface area contributed by atoms with Crippen molar-refractivity contribution in [2.45, 2.75) is 85.7 Å². The SMILES string of the molecule is CCCC(CC[C@@H]1[C@@H](C)CCCC1(C)C)OC=C(C)c1ccccc1. The van der Waals surface area contributed by atoms with E-state index >= 15 is 0 Å². The van der Waals surface area contributed by atoms with E-state index in [0.29, 0.717) is 11.5 Å². The van der Waals surface area contributed by atoms with Crippen LogP contribution in [0.25, 0.3) is 5.57 Å². The predicted octanol–water partition coefficient (Wildman–Crippen LogP) is 7.48. The average Bonchev–Trinajstić information content (AvgIpc) is 2.59. The van der Waals surface area contributed by atoms with Crippen LogP contribution in [0.15, 0.2) is 36.6 Å². The number of rotatable bonds is 8. The third kappa shape index (κ3) is 5.90. The number of benzene rings is 1. The molecule has 3 atom stereocenters. The summed E-state index contributed by atoms with van der Waals surface area (Å²) < 4.78 is 6.23. The summed E-state index contributed by atoms with van der Waals surface area (Å²) >= 11 is 0. The lowest BCUT2D eigenvalue weighted by Gasteiger charge is -2.43. The predicted molar refractivity (Wildman–Crippen MR) is 109 cm³/mol. The highest BCUT2D eigenvalue weighted by Crippen LogP contribution is 2.46. The van der Waals surface area contributed by atoms with Gasteiger partial charge in [0.1, 0.15) is 0 Å². The van der Waals surface area contributed by atoms with Crippen LogP contribution in [0.1, 0.15) is 85.1 Å². The summed E-state index contributed by atoms with van der Waals surface area (Å²) in [7, 11) is 0. The van der Waals surface area contributed by atoms with Gasteiger partial charge in [-0.25, -0.2) is 0 Å². The molecule has 0 aromatic heterocycles. The van der Waals surface area contributed by atoms with Gasteiger partial charge in [0, 0.05) is 0 Å². The molecule has 0 heterocycles. The zero-order valence-corrected chi connectivity index (χ0v) is 17.1. The summed E-state index contributed by atoms with van der Waals surface area (Å²) in [5.41, 5.74) is 2.96. The van der Waals surface area contributed by atoms with Gasteiger partial charge in [-0.2, -0.15) is 0 Å². The van der Waals surface area contributed by atoms with Gasteiger partial charge in [-0.15, -0.1) is 0 Å². The Labute approximate surface area is 155 Å². The molecule has 0 amide bonds. The Balaban J connectivity index is 1.94. The van der Waals surface area contributed by atoms with Crippen molar-refractivity contribution in [3.8, 4) is 0 Å². The van der Waals surface area contributed by atoms with E-state index in [-0.39, 0.29) is 0 Å². The first kappa shape index (κ1) is 20.1. The van der Waals surface area contributed by atoms with Crippen molar-refractivity contribution in [1.82, 2.24) is 0 Å². The smallest absolute Gasteiger partial charge is 0.0978 e. The molecule has 0 spiro atoms. The fraction of sp³-hybridized carbons (Fsp3) is 0.667. The van der Waals surface area contributed by atoms with Gasteiger partial charge in [0.2, 0.25) is 0 Å². The van der Waals surface area contributed by atoms with Gasteiger partial charge >= 0.3 is 0 Å². The van der Waals surface area contributed by atoms with E-state index in [1.807, 2.05) is 6.26 Å². The van der Waals surface area contributed by atoms with Gasteiger partial charge in [-0.05, 0) is 61.0 Å². The molecule has 2 rings (SSSR count). The van der Waals surface area contributed by atoms with Gasteiger partial charge < -0.3 is 4.74 Å². The Hall–Kier alpha value is -1.24. The second-order valence-corrected chi connectivity index (χ2v) is 8.76. The lowest BCUT2D eigenvalue weighted by Crippen LogP contribution is -2.34. The topological polar surface area (TPSA) is 9.23 Å². The first-order valence-corrected chi connectivity index (χ1v) is 10.3. The summed E-state index contributed by atoms with van der Waals surface area (Å²) in [6, 6.07) is 10.5. The summed E-state index contributed by atoms with van der Waals surface area (Å²) in [6.07, 6.45) is 11.4. The molecular weight excluding hydrogens is 304 g/mol. The monoisotopic (exact) mass is 342 g/mol. The van der Waals surface area contributed by atoms with Crippen molar-refractivity contribution >= 4 is 5.57 Å². The van der Waals surface area contributed by atoms with E-state index in [1.165, 1.54) is 49.7 Å². The standard InChI is InChI=1S/C24H38O/c1-6-11-22(25-18-20(3)21-13-8-7-9-14-21)15-16-23-19(2)12-10-17-24(23,4)5/h7-9,13-14,18-19,22-23H,6,10-12,15-17H2,1-5H3/t19-,22?,23+/m0/s1. The molecule has 0 saturated heterocycles. The van der Waals surface area contributed by atoms with Gasteiger partial charge in [0.05, 0.1) is 12.4 Å². The minimum absolute atomic E-state index is 0.355. The highest BCUT2D eigenvalue weighted by atomic mass is 16.5. The molecule has 0 N–H and O–H groups in total. The van der Waals surface area contributed by atoms with Gasteiger partial charge in [-0.3, -0.25) is 0 Å². The number of hydrogen-bond acceptors (Lipinski definition) is 1. The quantitative estimate of drug-likeness (QED) is 0.445. The van der Waals surface area contributed by atoms with E-state index < -0.39 is 0 Å². The lowest BCUT2D eigenvalue weighted by molar-refractivity contribution is 0.0516. The van der Waals surface area contributed by atoms with Crippen LogP contribution < -0.4 is 0 Å². The van der Waals surface area contributed by atoms with E-state index in [2.05, 4.69) is 65.0 Å². The van der Waals surface area contributed by atoms with E-state index in [1.54, 1.807) is 0 Å². The van der Waals surface area contributed by atoms with Crippen molar-refractivity contribution in [2.24, 2.45) is 17.3 Å². The Morgan fingerprint density at radius 2 is 1.96 bits per heavy atom. The fourth-order valence-corrected chi connectivity index (χ4v) is 4.65. The minimum atomic E-state index is 0.355. The zero-order valence-electron chi connectivity index (χ0n) is 17.1. The summed E-state index contributed by atoms with van der Waals surface area (Å²) in [6.45, 7) is 11.8. The molecule has 0 bridgehead atoms. The van der Waals surface area contributed by atoms with Gasteiger partial charge in [0.25, 0.3) is 0 Å². The number of hydrogen-bond donors (Lipinski definition) is 0. The van der Waals surface area contributed by atoms with E-state index in [0.717, 1.165) is 18.3 Å². The van der Waals surface area contributed by atoms with Crippen LogP contribution >= 0.6 is 0 Å². The highest BCUT2D eigenvalue weighted by molar-refractivity contribution is 5.62. The van der Waals surface area contributed by atoms with Crippen LogP contribution in [0.5, 0.6) is 0 Å². The molecule has 1 nitrogen and oxygen atoms in total. The first-order valence-electron chi connectivity index (χ1n) is 10.3. The minimum Gasteiger partial charge on any atom is -0.498 e. The molecule has 1 saturated carbocycles. The second kappa shape index (κ2) is 9.46. The normalized spacial score (nSPS) is 24.8. The Morgan fingerprint density at radius 1 is 1.24 bits per heavy atom. The van der Waals surface area contributed by atoms with Crippen molar-refractivity contribution in [1.29, 1.82) is 0 Å². The Kier molecular flexibility index (Phi) is 7.59. The van der Waals surface area contributed by atoms with Crippen LogP contribution in [0.3, 0.4) is 0 Å². The molecule has 1 unspecified atom stereocenters. The highest BCUT2D eigenvalue weighted by Gasteiger charge is 2.36. The number of allylic oxidation sites excluding steroid dienone is 1. The maximum atomic E-state index is 6.23. The van der Waals surface area contributed by atoms with Crippen molar-refractivity contribution < 1.29 is 4.74 Å². The van der Waals surface area contributed by atoms with Gasteiger partial charge in [0.15, 0.2) is 0 Å². The van der Waals surface area contributed by atoms with Crippen LogP contribution in [0.4, 0.5) is 0 Å². The van der Waals surface area contributed by atoms with Gasteiger partial charge in [-0.1, -0.05) is 77.3 Å². The van der Waals surface area contributed by atoms with Crippen LogP contribution in [0.2, 0.25) is 0 Å². The first-order chi connectivity index (χ1) is 11.9. The van der Waals surface area contributed by atoms with Crippen LogP contribution in [0, 0.1) is 17.3 Å². The number of ether oxygens (including phenoxy) is 1. The lowest BCUT2D eigenvalue weighted by atomic mass is 9.62. The molecule has 1 heteroatoms. The van der Waals surface area contributed by atoms with Crippen molar-refractivity contribution in [3.63, 3.8) is 0 Å². The average molecular weight is 343 g/mol. The third-order valence-corrected chi connectivity index (χ3v) is 6.25. The maximum Gasteiger partial charge on any atom is 0.0978 e. The zero-order chi connectivity index (χ0) is 18.3. The molecule has 0 aliphatic heterocycles. The molecule has 0 radical (unpaired) electrons. The molecule has 1 aliphatic rings. The molecule has 1 aromatic rings. The summed E-state index contributed by atoms with van der Waals surface area (Å²) in [5, 5.41) is 0. The Morgan fingerprint density at radius 3 is 2.60 bits per heavy atom. The largest absolute Gasteiger partial charge is 0.498 e. The molecule has 140 valence electrons. The molecule has 1 aromatic carbocycles. The van der Waals surface area contributed by atoms with Crippen molar-refractivity contribution in [3.05, 3.63) is 42.2 Å². The molecule has 1 fully saturated rings.